The summed E-state index contributed by atoms with van der Waals surface area (Å²) < 4.78 is 27.8. The van der Waals surface area contributed by atoms with Crippen LogP contribution in [0.15, 0.2) is 41.2 Å². The number of nitrogens with two attached hydrogens (primary N) is 3. The molecule has 14 heteroatoms. The highest BCUT2D eigenvalue weighted by Gasteiger charge is 2.41. The Hall–Kier alpha value is -3.63. The van der Waals surface area contributed by atoms with Crippen molar-refractivity contribution < 1.29 is 19.1 Å². The smallest absolute Gasteiger partial charge is 0.215 e. The van der Waals surface area contributed by atoms with Gasteiger partial charge in [0, 0.05) is 71.2 Å². The summed E-state index contributed by atoms with van der Waals surface area (Å²) in [5.41, 5.74) is 14.5. The van der Waals surface area contributed by atoms with Crippen LogP contribution in [0, 0.1) is 11.3 Å². The Labute approximate surface area is 249 Å². The normalized spacial score (nSPS) is 14.9. The number of hydrogen-bond acceptors (Lipinski definition) is 10. The largest absolute Gasteiger partial charge is 0.493 e. The van der Waals surface area contributed by atoms with E-state index in [1.54, 1.807) is 43.8 Å². The Bertz CT molecular complexity index is 1650. The van der Waals surface area contributed by atoms with Crippen LogP contribution in [0.4, 0.5) is 11.5 Å². The lowest BCUT2D eigenvalue weighted by atomic mass is 9.90. The van der Waals surface area contributed by atoms with Crippen LogP contribution < -0.4 is 31.3 Å². The molecule has 1 aliphatic heterocycles. The lowest BCUT2D eigenvalue weighted by Crippen LogP contribution is -2.69. The Balaban J connectivity index is 1.60. The van der Waals surface area contributed by atoms with E-state index < -0.39 is 21.4 Å². The highest BCUT2D eigenvalue weighted by Crippen LogP contribution is 2.38. The van der Waals surface area contributed by atoms with Crippen LogP contribution >= 0.6 is 23.2 Å². The molecule has 4 rings (SSSR count). The monoisotopic (exact) mass is 617 g/mol. The molecule has 0 spiro atoms. The van der Waals surface area contributed by atoms with Gasteiger partial charge in [0.1, 0.15) is 18.0 Å². The summed E-state index contributed by atoms with van der Waals surface area (Å²) in [6.45, 7) is 2.89. The second-order valence-corrected chi connectivity index (χ2v) is 13.6. The predicted molar refractivity (Wildman–Crippen MR) is 161 cm³/mol. The number of anilines is 2. The molecule has 3 aromatic rings. The maximum Gasteiger partial charge on any atom is 0.215 e. The Morgan fingerprint density at radius 2 is 1.90 bits per heavy atom. The molecule has 1 aliphatic rings. The first-order valence-corrected chi connectivity index (χ1v) is 15.5. The van der Waals surface area contributed by atoms with Crippen molar-refractivity contribution in [2.75, 3.05) is 49.9 Å². The standard InChI is InChI=1S/C27H30Cl2N8O3S/c1-15(24-19(28)10-34-11-20(24)29)40-23-6-18(21(31)7-22(23)39-2)25(32)17-5-16(8-30)26(35-9-17)37-13-27(33,14-37)12-36-41(3,4)38/h5-7,9-11,15,32H,12-14,31,33H2,1-4H3/p+1/t15-/m1/s1. The van der Waals surface area contributed by atoms with Crippen LogP contribution in [0.2, 0.25) is 10.0 Å². The zero-order valence-corrected chi connectivity index (χ0v) is 25.3. The van der Waals surface area contributed by atoms with Gasteiger partial charge in [-0.05, 0) is 19.1 Å². The third kappa shape index (κ3) is 6.65. The van der Waals surface area contributed by atoms with Gasteiger partial charge in [0.2, 0.25) is 5.71 Å². The molecule has 6 N–H and O–H groups in total. The quantitative estimate of drug-likeness (QED) is 0.240. The number of pyridine rings is 2. The number of ether oxygens (including phenoxy) is 2. The summed E-state index contributed by atoms with van der Waals surface area (Å²) in [6, 6.07) is 7.09. The molecule has 1 atom stereocenters. The van der Waals surface area contributed by atoms with Crippen LogP contribution in [0.1, 0.15) is 35.3 Å². The summed E-state index contributed by atoms with van der Waals surface area (Å²) in [6.07, 6.45) is 7.12. The first kappa shape index (κ1) is 30.3. The minimum Gasteiger partial charge on any atom is -0.493 e. The zero-order valence-electron chi connectivity index (χ0n) is 23.0. The molecule has 1 saturated heterocycles. The van der Waals surface area contributed by atoms with Gasteiger partial charge in [-0.25, -0.2) is 9.35 Å². The van der Waals surface area contributed by atoms with E-state index in [0.717, 1.165) is 0 Å². The van der Waals surface area contributed by atoms with Crippen LogP contribution in [0.5, 0.6) is 11.5 Å². The number of aromatic nitrogens is 2. The summed E-state index contributed by atoms with van der Waals surface area (Å²) in [7, 11) is -0.760. The Morgan fingerprint density at radius 3 is 2.49 bits per heavy atom. The number of methoxy groups -OCH3 is 1. The molecule has 0 unspecified atom stereocenters. The van der Waals surface area contributed by atoms with Crippen molar-refractivity contribution in [2.24, 2.45) is 10.1 Å². The fourth-order valence-electron chi connectivity index (χ4n) is 4.46. The third-order valence-electron chi connectivity index (χ3n) is 6.53. The summed E-state index contributed by atoms with van der Waals surface area (Å²) in [5.74, 6) is 1.22. The van der Waals surface area contributed by atoms with Crippen molar-refractivity contribution in [3.63, 3.8) is 0 Å². The molecule has 0 radical (unpaired) electrons. The van der Waals surface area contributed by atoms with E-state index in [-0.39, 0.29) is 12.3 Å². The van der Waals surface area contributed by atoms with E-state index in [2.05, 4.69) is 20.4 Å². The molecule has 0 amide bonds. The predicted octanol–water partition coefficient (Wildman–Crippen LogP) is 2.23. The molecule has 1 fully saturated rings. The molecule has 41 heavy (non-hydrogen) atoms. The van der Waals surface area contributed by atoms with Crippen LogP contribution in [0.25, 0.3) is 0 Å². The maximum absolute atomic E-state index is 11.9. The zero-order chi connectivity index (χ0) is 30.1. The molecular weight excluding hydrogens is 587 g/mol. The van der Waals surface area contributed by atoms with E-state index in [1.807, 2.05) is 4.90 Å². The van der Waals surface area contributed by atoms with E-state index in [1.165, 1.54) is 19.5 Å². The summed E-state index contributed by atoms with van der Waals surface area (Å²) in [4.78, 5) is 10.4. The average Bonchev–Trinajstić information content (AvgIpc) is 2.89. The van der Waals surface area contributed by atoms with Crippen molar-refractivity contribution in [3.05, 3.63) is 69.1 Å². The number of benzene rings is 1. The third-order valence-corrected chi connectivity index (χ3v) is 7.88. The first-order chi connectivity index (χ1) is 19.2. The number of nitriles is 1. The van der Waals surface area contributed by atoms with Crippen molar-refractivity contribution >= 4 is 50.1 Å². The van der Waals surface area contributed by atoms with E-state index in [0.29, 0.717) is 68.4 Å². The van der Waals surface area contributed by atoms with Crippen molar-refractivity contribution in [1.82, 2.24) is 9.97 Å². The minimum absolute atomic E-state index is 0.259. The van der Waals surface area contributed by atoms with Gasteiger partial charge >= 0.3 is 0 Å². The number of halogens is 2. The van der Waals surface area contributed by atoms with E-state index in [4.69, 9.17) is 49.6 Å². The van der Waals surface area contributed by atoms with Crippen LogP contribution in [0.3, 0.4) is 0 Å². The van der Waals surface area contributed by atoms with E-state index >= 15 is 0 Å². The van der Waals surface area contributed by atoms with Gasteiger partial charge in [0.05, 0.1) is 45.9 Å². The molecule has 11 nitrogen and oxygen atoms in total. The fraction of sp³-hybridized carbons (Fsp3) is 0.333. The molecular formula is C27H31Cl2N8O3S+. The van der Waals surface area contributed by atoms with Gasteiger partial charge in [-0.3, -0.25) is 14.6 Å². The van der Waals surface area contributed by atoms with Gasteiger partial charge in [-0.15, -0.1) is 0 Å². The van der Waals surface area contributed by atoms with Crippen molar-refractivity contribution in [3.8, 4) is 17.6 Å². The maximum atomic E-state index is 11.9. The second kappa shape index (κ2) is 11.7. The minimum atomic E-state index is -2.26. The average molecular weight is 619 g/mol. The van der Waals surface area contributed by atoms with Gasteiger partial charge in [0.15, 0.2) is 11.5 Å². The molecule has 1 aromatic carbocycles. The van der Waals surface area contributed by atoms with Crippen LogP contribution in [-0.4, -0.2) is 64.7 Å². The van der Waals surface area contributed by atoms with Crippen LogP contribution in [-0.2, 0) is 9.73 Å². The highest BCUT2D eigenvalue weighted by atomic mass is 35.5. The molecule has 3 heterocycles. The molecule has 0 saturated carbocycles. The Kier molecular flexibility index (Phi) is 8.65. The van der Waals surface area contributed by atoms with E-state index in [9.17, 15) is 9.47 Å². The van der Waals surface area contributed by atoms with Crippen molar-refractivity contribution in [1.29, 1.82) is 5.26 Å². The lowest BCUT2D eigenvalue weighted by Gasteiger charge is -2.47. The number of nitrogens with zero attached hydrogens (tertiary/aromatic N) is 5. The molecule has 0 bridgehead atoms. The van der Waals surface area contributed by atoms with Gasteiger partial charge in [0.25, 0.3) is 0 Å². The second-order valence-electron chi connectivity index (χ2n) is 10.2. The molecule has 2 aromatic heterocycles. The first-order valence-electron chi connectivity index (χ1n) is 12.4. The highest BCUT2D eigenvalue weighted by molar-refractivity contribution is 7.92. The SMILES string of the molecule is COc1cc(N)c(C(=[NH2+])c2cnc(N3CC(N)(CN=S(C)(C)=O)C3)c(C#N)c2)cc1O[C@H](C)c1c(Cl)cncc1Cl. The summed E-state index contributed by atoms with van der Waals surface area (Å²) >= 11 is 12.6. The summed E-state index contributed by atoms with van der Waals surface area (Å²) in [5, 5.41) is 17.2. The number of hydrogen-bond donors (Lipinski definition) is 3. The number of nitrogen functional groups attached to an aromatic ring is 1. The molecule has 0 aliphatic carbocycles. The van der Waals surface area contributed by atoms with Crippen molar-refractivity contribution in [2.45, 2.75) is 18.6 Å². The Morgan fingerprint density at radius 1 is 1.24 bits per heavy atom. The topological polar surface area (TPSA) is 178 Å². The lowest BCUT2D eigenvalue weighted by molar-refractivity contribution is -0.111. The van der Waals surface area contributed by atoms with Gasteiger partial charge in [-0.2, -0.15) is 5.26 Å². The van der Waals surface area contributed by atoms with Gasteiger partial charge in [-0.1, -0.05) is 23.2 Å². The van der Waals surface area contributed by atoms with Gasteiger partial charge < -0.3 is 25.8 Å². The molecule has 216 valence electrons. The fourth-order valence-corrected chi connectivity index (χ4v) is 5.70. The number of rotatable bonds is 9.